The maximum Gasteiger partial charge on any atom is 0.240 e. The van der Waals surface area contributed by atoms with E-state index in [1.165, 1.54) is 0 Å². The molecule has 0 aliphatic heterocycles. The van der Waals surface area contributed by atoms with Crippen LogP contribution in [-0.2, 0) is 0 Å². The van der Waals surface area contributed by atoms with Crippen LogP contribution in [0, 0.1) is 22.8 Å². The summed E-state index contributed by atoms with van der Waals surface area (Å²) in [6.07, 6.45) is 3.46. The van der Waals surface area contributed by atoms with Gasteiger partial charge in [0.1, 0.15) is 6.54 Å². The zero-order valence-corrected chi connectivity index (χ0v) is 9.48. The van der Waals surface area contributed by atoms with Gasteiger partial charge in [0, 0.05) is 11.8 Å². The SMILES string of the molecule is N#CCN(C#N)c1nccc(-c2ccccc2)n1. The predicted molar refractivity (Wildman–Crippen MR) is 66.0 cm³/mol. The number of nitrogens with zero attached hydrogens (tertiary/aromatic N) is 5. The molecule has 5 heteroatoms. The van der Waals surface area contributed by atoms with Gasteiger partial charge in [-0.3, -0.25) is 0 Å². The van der Waals surface area contributed by atoms with E-state index in [4.69, 9.17) is 10.5 Å². The molecule has 0 bridgehead atoms. The van der Waals surface area contributed by atoms with Crippen LogP contribution in [0.4, 0.5) is 5.95 Å². The van der Waals surface area contributed by atoms with E-state index in [-0.39, 0.29) is 12.5 Å². The van der Waals surface area contributed by atoms with Crippen LogP contribution in [0.5, 0.6) is 0 Å². The van der Waals surface area contributed by atoms with E-state index in [0.29, 0.717) is 0 Å². The maximum atomic E-state index is 8.92. The van der Waals surface area contributed by atoms with Gasteiger partial charge in [-0.2, -0.15) is 10.5 Å². The summed E-state index contributed by atoms with van der Waals surface area (Å²) < 4.78 is 0. The fraction of sp³-hybridized carbons (Fsp3) is 0.0769. The van der Waals surface area contributed by atoms with E-state index in [2.05, 4.69) is 9.97 Å². The topological polar surface area (TPSA) is 76.6 Å². The van der Waals surface area contributed by atoms with Crippen LogP contribution in [0.25, 0.3) is 11.3 Å². The van der Waals surface area contributed by atoms with Crippen molar-refractivity contribution in [2.24, 2.45) is 0 Å². The Bertz CT molecular complexity index is 609. The molecule has 0 saturated heterocycles. The molecular formula is C13H9N5. The third-order valence-corrected chi connectivity index (χ3v) is 2.30. The largest absolute Gasteiger partial charge is 0.240 e. The Kier molecular flexibility index (Phi) is 3.48. The lowest BCUT2D eigenvalue weighted by atomic mass is 10.1. The van der Waals surface area contributed by atoms with Crippen molar-refractivity contribution in [1.29, 1.82) is 10.5 Å². The normalized spacial score (nSPS) is 9.22. The van der Waals surface area contributed by atoms with Crippen molar-refractivity contribution in [2.45, 2.75) is 0 Å². The third kappa shape index (κ3) is 2.42. The molecule has 0 amide bonds. The number of nitriles is 2. The first-order chi connectivity index (χ1) is 8.85. The van der Waals surface area contributed by atoms with Crippen LogP contribution in [0.1, 0.15) is 0 Å². The quantitative estimate of drug-likeness (QED) is 0.461. The molecule has 18 heavy (non-hydrogen) atoms. The maximum absolute atomic E-state index is 8.92. The number of rotatable bonds is 3. The second-order valence-corrected chi connectivity index (χ2v) is 3.45. The number of anilines is 1. The molecule has 5 nitrogen and oxygen atoms in total. The van der Waals surface area contributed by atoms with Crippen LogP contribution in [0.3, 0.4) is 0 Å². The summed E-state index contributed by atoms with van der Waals surface area (Å²) in [5.74, 6) is 0.236. The van der Waals surface area contributed by atoms with Crippen LogP contribution in [-0.4, -0.2) is 16.5 Å². The van der Waals surface area contributed by atoms with E-state index in [1.54, 1.807) is 12.3 Å². The van der Waals surface area contributed by atoms with Gasteiger partial charge in [0.15, 0.2) is 6.19 Å². The highest BCUT2D eigenvalue weighted by Crippen LogP contribution is 2.17. The zero-order valence-electron chi connectivity index (χ0n) is 9.48. The van der Waals surface area contributed by atoms with Gasteiger partial charge >= 0.3 is 0 Å². The molecule has 0 saturated carbocycles. The monoisotopic (exact) mass is 235 g/mol. The number of hydrogen-bond acceptors (Lipinski definition) is 5. The van der Waals surface area contributed by atoms with Gasteiger partial charge in [0.2, 0.25) is 5.95 Å². The summed E-state index contributed by atoms with van der Waals surface area (Å²) in [7, 11) is 0. The Morgan fingerprint density at radius 3 is 2.56 bits per heavy atom. The molecule has 0 fully saturated rings. The van der Waals surface area contributed by atoms with E-state index >= 15 is 0 Å². The van der Waals surface area contributed by atoms with Crippen molar-refractivity contribution in [3.8, 4) is 23.5 Å². The lowest BCUT2D eigenvalue weighted by Gasteiger charge is -2.09. The minimum Gasteiger partial charge on any atom is -0.233 e. The number of hydrogen-bond donors (Lipinski definition) is 0. The summed E-state index contributed by atoms with van der Waals surface area (Å²) >= 11 is 0. The molecule has 1 heterocycles. The molecule has 0 spiro atoms. The van der Waals surface area contributed by atoms with Gasteiger partial charge in [-0.05, 0) is 6.07 Å². The summed E-state index contributed by atoms with van der Waals surface area (Å²) in [5.41, 5.74) is 1.66. The van der Waals surface area contributed by atoms with Crippen LogP contribution < -0.4 is 4.90 Å². The van der Waals surface area contributed by atoms with Gasteiger partial charge in [-0.15, -0.1) is 0 Å². The van der Waals surface area contributed by atoms with Crippen molar-refractivity contribution >= 4 is 5.95 Å². The molecule has 86 valence electrons. The highest BCUT2D eigenvalue weighted by atomic mass is 15.2. The van der Waals surface area contributed by atoms with Gasteiger partial charge in [-0.1, -0.05) is 30.3 Å². The fourth-order valence-electron chi connectivity index (χ4n) is 1.47. The minimum absolute atomic E-state index is 0.0608. The summed E-state index contributed by atoms with van der Waals surface area (Å²) in [5, 5.41) is 17.5. The number of aromatic nitrogens is 2. The smallest absolute Gasteiger partial charge is 0.233 e. The van der Waals surface area contributed by atoms with Crippen LogP contribution in [0.15, 0.2) is 42.6 Å². The molecule has 1 aromatic carbocycles. The van der Waals surface area contributed by atoms with Crippen molar-refractivity contribution in [3.05, 3.63) is 42.6 Å². The molecule has 2 rings (SSSR count). The van der Waals surface area contributed by atoms with Gasteiger partial charge < -0.3 is 0 Å². The van der Waals surface area contributed by atoms with Crippen molar-refractivity contribution in [3.63, 3.8) is 0 Å². The van der Waals surface area contributed by atoms with Crippen molar-refractivity contribution < 1.29 is 0 Å². The first-order valence-electron chi connectivity index (χ1n) is 5.28. The molecule has 1 aromatic heterocycles. The van der Waals surface area contributed by atoms with Crippen molar-refractivity contribution in [1.82, 2.24) is 9.97 Å². The van der Waals surface area contributed by atoms with Crippen LogP contribution >= 0.6 is 0 Å². The van der Waals surface area contributed by atoms with E-state index in [9.17, 15) is 0 Å². The number of benzene rings is 1. The molecule has 0 atom stereocenters. The summed E-state index contributed by atoms with van der Waals surface area (Å²) in [6, 6.07) is 13.3. The standard InChI is InChI=1S/C13H9N5/c14-7-9-18(10-15)13-16-8-6-12(17-13)11-4-2-1-3-5-11/h1-6,8H,9H2. The first kappa shape index (κ1) is 11.6. The highest BCUT2D eigenvalue weighted by molar-refractivity contribution is 5.60. The van der Waals surface area contributed by atoms with Crippen molar-refractivity contribution in [2.75, 3.05) is 11.4 Å². The Morgan fingerprint density at radius 1 is 1.11 bits per heavy atom. The average Bonchev–Trinajstić information content (AvgIpc) is 2.46. The molecular weight excluding hydrogens is 226 g/mol. The first-order valence-corrected chi connectivity index (χ1v) is 5.28. The summed E-state index contributed by atoms with van der Waals surface area (Å²) in [6.45, 7) is -0.0608. The molecule has 0 unspecified atom stereocenters. The third-order valence-electron chi connectivity index (χ3n) is 2.30. The predicted octanol–water partition coefficient (Wildman–Crippen LogP) is 1.95. The second kappa shape index (κ2) is 5.42. The molecule has 0 aliphatic rings. The molecule has 0 N–H and O–H groups in total. The Morgan fingerprint density at radius 2 is 1.89 bits per heavy atom. The minimum atomic E-state index is -0.0608. The zero-order chi connectivity index (χ0) is 12.8. The second-order valence-electron chi connectivity index (χ2n) is 3.45. The van der Waals surface area contributed by atoms with Gasteiger partial charge in [0.05, 0.1) is 11.8 Å². The summed E-state index contributed by atoms with van der Waals surface area (Å²) in [4.78, 5) is 9.42. The Balaban J connectivity index is 2.37. The fourth-order valence-corrected chi connectivity index (χ4v) is 1.47. The average molecular weight is 235 g/mol. The lowest BCUT2D eigenvalue weighted by molar-refractivity contribution is 0.997. The molecule has 2 aromatic rings. The van der Waals surface area contributed by atoms with Gasteiger partial charge in [0.25, 0.3) is 0 Å². The Hall–Kier alpha value is -2.92. The molecule has 0 aliphatic carbocycles. The lowest BCUT2D eigenvalue weighted by Crippen LogP contribution is -2.19. The molecule has 0 radical (unpaired) electrons. The van der Waals surface area contributed by atoms with E-state index < -0.39 is 0 Å². The van der Waals surface area contributed by atoms with E-state index in [0.717, 1.165) is 16.2 Å². The Labute approximate surface area is 105 Å². The van der Waals surface area contributed by atoms with Gasteiger partial charge in [-0.25, -0.2) is 14.9 Å². The van der Waals surface area contributed by atoms with Crippen LogP contribution in [0.2, 0.25) is 0 Å². The van der Waals surface area contributed by atoms with E-state index in [1.807, 2.05) is 42.6 Å². The highest BCUT2D eigenvalue weighted by Gasteiger charge is 2.09.